The van der Waals surface area contributed by atoms with Crippen LogP contribution < -0.4 is 9.47 Å². The van der Waals surface area contributed by atoms with Gasteiger partial charge >= 0.3 is 0 Å². The molecule has 0 radical (unpaired) electrons. The Bertz CT molecular complexity index is 346. The van der Waals surface area contributed by atoms with Crippen molar-refractivity contribution in [2.45, 2.75) is 20.0 Å². The van der Waals surface area contributed by atoms with Crippen LogP contribution in [0.25, 0.3) is 0 Å². The van der Waals surface area contributed by atoms with Crippen LogP contribution in [-0.4, -0.2) is 30.3 Å². The SMILES string of the molecule is CCSCCCOc1c(CO)cc(Cl)cc1OC. The summed E-state index contributed by atoms with van der Waals surface area (Å²) >= 11 is 7.82. The Morgan fingerprint density at radius 3 is 2.78 bits per heavy atom. The molecule has 18 heavy (non-hydrogen) atoms. The molecular weight excluding hydrogens is 272 g/mol. The standard InChI is InChI=1S/C13H19ClO3S/c1-3-18-6-4-5-17-13-10(9-15)7-11(14)8-12(13)16-2/h7-8,15H,3-6,9H2,1-2H3. The fourth-order valence-electron chi connectivity index (χ4n) is 1.54. The minimum absolute atomic E-state index is 0.115. The van der Waals surface area contributed by atoms with Gasteiger partial charge in [-0.25, -0.2) is 0 Å². The quantitative estimate of drug-likeness (QED) is 0.745. The summed E-state index contributed by atoms with van der Waals surface area (Å²) in [4.78, 5) is 0. The monoisotopic (exact) mass is 290 g/mol. The molecular formula is C13H19ClO3S. The molecule has 0 atom stereocenters. The molecule has 102 valence electrons. The zero-order valence-electron chi connectivity index (χ0n) is 10.7. The summed E-state index contributed by atoms with van der Waals surface area (Å²) in [7, 11) is 1.56. The van der Waals surface area contributed by atoms with Crippen molar-refractivity contribution in [3.8, 4) is 11.5 Å². The molecule has 0 aliphatic carbocycles. The maximum atomic E-state index is 9.31. The van der Waals surface area contributed by atoms with E-state index in [1.807, 2.05) is 11.8 Å². The lowest BCUT2D eigenvalue weighted by Gasteiger charge is -2.14. The average molecular weight is 291 g/mol. The Hall–Kier alpha value is -0.580. The molecule has 0 spiro atoms. The van der Waals surface area contributed by atoms with E-state index in [0.717, 1.165) is 17.9 Å². The Labute approximate surface area is 117 Å². The molecule has 1 rings (SSSR count). The van der Waals surface area contributed by atoms with E-state index in [1.54, 1.807) is 19.2 Å². The number of methoxy groups -OCH3 is 1. The lowest BCUT2D eigenvalue weighted by molar-refractivity contribution is 0.255. The molecule has 5 heteroatoms. The van der Waals surface area contributed by atoms with Crippen LogP contribution in [0, 0.1) is 0 Å². The first-order valence-corrected chi connectivity index (χ1v) is 7.44. The summed E-state index contributed by atoms with van der Waals surface area (Å²) in [6.07, 6.45) is 0.967. The fourth-order valence-corrected chi connectivity index (χ4v) is 2.38. The van der Waals surface area contributed by atoms with Gasteiger partial charge in [0.05, 0.1) is 20.3 Å². The van der Waals surface area contributed by atoms with E-state index in [1.165, 1.54) is 0 Å². The molecule has 3 nitrogen and oxygen atoms in total. The van der Waals surface area contributed by atoms with Gasteiger partial charge < -0.3 is 14.6 Å². The maximum Gasteiger partial charge on any atom is 0.166 e. The summed E-state index contributed by atoms with van der Waals surface area (Å²) in [5, 5.41) is 9.84. The fraction of sp³-hybridized carbons (Fsp3) is 0.538. The number of hydrogen-bond donors (Lipinski definition) is 1. The lowest BCUT2D eigenvalue weighted by atomic mass is 10.2. The molecule has 0 heterocycles. The lowest BCUT2D eigenvalue weighted by Crippen LogP contribution is -2.03. The molecule has 0 bridgehead atoms. The van der Waals surface area contributed by atoms with Crippen LogP contribution in [0.15, 0.2) is 12.1 Å². The van der Waals surface area contributed by atoms with Crippen molar-refractivity contribution in [3.05, 3.63) is 22.7 Å². The molecule has 0 aromatic heterocycles. The molecule has 0 aliphatic rings. The highest BCUT2D eigenvalue weighted by atomic mass is 35.5. The number of halogens is 1. The maximum absolute atomic E-state index is 9.31. The molecule has 1 aromatic rings. The van der Waals surface area contributed by atoms with Crippen LogP contribution in [0.4, 0.5) is 0 Å². The van der Waals surface area contributed by atoms with Gasteiger partial charge in [0.15, 0.2) is 11.5 Å². The van der Waals surface area contributed by atoms with Crippen molar-refractivity contribution in [1.82, 2.24) is 0 Å². The van der Waals surface area contributed by atoms with Crippen molar-refractivity contribution in [3.63, 3.8) is 0 Å². The third-order valence-corrected chi connectivity index (χ3v) is 3.57. The normalized spacial score (nSPS) is 10.4. The summed E-state index contributed by atoms with van der Waals surface area (Å²) < 4.78 is 10.9. The number of hydrogen-bond acceptors (Lipinski definition) is 4. The van der Waals surface area contributed by atoms with Crippen molar-refractivity contribution in [2.75, 3.05) is 25.2 Å². The highest BCUT2D eigenvalue weighted by Crippen LogP contribution is 2.34. The second-order valence-corrected chi connectivity index (χ2v) is 5.48. The first-order chi connectivity index (χ1) is 8.72. The predicted molar refractivity (Wildman–Crippen MR) is 77.0 cm³/mol. The number of benzene rings is 1. The highest BCUT2D eigenvalue weighted by molar-refractivity contribution is 7.99. The molecule has 0 amide bonds. The van der Waals surface area contributed by atoms with Crippen LogP contribution >= 0.6 is 23.4 Å². The van der Waals surface area contributed by atoms with Gasteiger partial charge in [-0.05, 0) is 24.0 Å². The first kappa shape index (κ1) is 15.5. The van der Waals surface area contributed by atoms with E-state index < -0.39 is 0 Å². The van der Waals surface area contributed by atoms with E-state index in [0.29, 0.717) is 28.7 Å². The van der Waals surface area contributed by atoms with Gasteiger partial charge in [-0.3, -0.25) is 0 Å². The zero-order chi connectivity index (χ0) is 13.4. The average Bonchev–Trinajstić information content (AvgIpc) is 2.39. The Morgan fingerprint density at radius 1 is 1.39 bits per heavy atom. The Kier molecular flexibility index (Phi) is 7.32. The number of aliphatic hydroxyl groups excluding tert-OH is 1. The highest BCUT2D eigenvalue weighted by Gasteiger charge is 2.12. The number of rotatable bonds is 8. The molecule has 0 saturated heterocycles. The van der Waals surface area contributed by atoms with Crippen molar-refractivity contribution < 1.29 is 14.6 Å². The third-order valence-electron chi connectivity index (χ3n) is 2.37. The summed E-state index contributed by atoms with van der Waals surface area (Å²) in [6.45, 7) is 2.63. The largest absolute Gasteiger partial charge is 0.493 e. The molecule has 0 unspecified atom stereocenters. The van der Waals surface area contributed by atoms with Gasteiger partial charge in [0.2, 0.25) is 0 Å². The van der Waals surface area contributed by atoms with Gasteiger partial charge in [-0.1, -0.05) is 18.5 Å². The number of aliphatic hydroxyl groups is 1. The number of ether oxygens (including phenoxy) is 2. The van der Waals surface area contributed by atoms with E-state index in [4.69, 9.17) is 21.1 Å². The van der Waals surface area contributed by atoms with Gasteiger partial charge in [-0.2, -0.15) is 11.8 Å². The summed E-state index contributed by atoms with van der Waals surface area (Å²) in [5.41, 5.74) is 0.655. The minimum atomic E-state index is -0.115. The zero-order valence-corrected chi connectivity index (χ0v) is 12.3. The predicted octanol–water partition coefficient (Wildman–Crippen LogP) is 3.36. The van der Waals surface area contributed by atoms with E-state index in [9.17, 15) is 5.11 Å². The van der Waals surface area contributed by atoms with Crippen LogP contribution in [-0.2, 0) is 6.61 Å². The molecule has 0 aliphatic heterocycles. The minimum Gasteiger partial charge on any atom is -0.493 e. The van der Waals surface area contributed by atoms with Gasteiger partial charge in [0, 0.05) is 16.7 Å². The molecule has 0 saturated carbocycles. The summed E-state index contributed by atoms with van der Waals surface area (Å²) in [5.74, 6) is 3.34. The van der Waals surface area contributed by atoms with Crippen molar-refractivity contribution in [1.29, 1.82) is 0 Å². The molecule has 1 aromatic carbocycles. The Morgan fingerprint density at radius 2 is 2.17 bits per heavy atom. The first-order valence-electron chi connectivity index (χ1n) is 5.90. The van der Waals surface area contributed by atoms with Gasteiger partial charge in [0.1, 0.15) is 0 Å². The van der Waals surface area contributed by atoms with Crippen LogP contribution in [0.5, 0.6) is 11.5 Å². The third kappa shape index (κ3) is 4.59. The molecule has 0 fully saturated rings. The van der Waals surface area contributed by atoms with E-state index in [-0.39, 0.29) is 6.61 Å². The Balaban J connectivity index is 2.67. The topological polar surface area (TPSA) is 38.7 Å². The van der Waals surface area contributed by atoms with Gasteiger partial charge in [-0.15, -0.1) is 0 Å². The van der Waals surface area contributed by atoms with Crippen LogP contribution in [0.3, 0.4) is 0 Å². The van der Waals surface area contributed by atoms with E-state index >= 15 is 0 Å². The number of thioether (sulfide) groups is 1. The van der Waals surface area contributed by atoms with Crippen LogP contribution in [0.2, 0.25) is 5.02 Å². The van der Waals surface area contributed by atoms with Crippen LogP contribution in [0.1, 0.15) is 18.9 Å². The van der Waals surface area contributed by atoms with Crippen molar-refractivity contribution >= 4 is 23.4 Å². The van der Waals surface area contributed by atoms with Crippen molar-refractivity contribution in [2.24, 2.45) is 0 Å². The smallest absolute Gasteiger partial charge is 0.166 e. The molecule has 1 N–H and O–H groups in total. The van der Waals surface area contributed by atoms with E-state index in [2.05, 4.69) is 6.92 Å². The summed E-state index contributed by atoms with van der Waals surface area (Å²) in [6, 6.07) is 3.39. The van der Waals surface area contributed by atoms with Gasteiger partial charge in [0.25, 0.3) is 0 Å². The second-order valence-electron chi connectivity index (χ2n) is 3.65. The second kappa shape index (κ2) is 8.51.